The summed E-state index contributed by atoms with van der Waals surface area (Å²) >= 11 is 0. The number of halogens is 1. The van der Waals surface area contributed by atoms with Crippen LogP contribution in [-0.2, 0) is 0 Å². The Kier molecular flexibility index (Phi) is 9.36. The summed E-state index contributed by atoms with van der Waals surface area (Å²) in [7, 11) is 1.60. The fourth-order valence-electron chi connectivity index (χ4n) is 6.54. The summed E-state index contributed by atoms with van der Waals surface area (Å²) in [6.45, 7) is 10.3. The van der Waals surface area contributed by atoms with Crippen LogP contribution in [0.3, 0.4) is 0 Å². The first-order valence-corrected chi connectivity index (χ1v) is 15.1. The number of fused-ring (bicyclic) bond motifs is 1. The van der Waals surface area contributed by atoms with Crippen LogP contribution in [0.2, 0.25) is 0 Å². The maximum absolute atomic E-state index is 15.0. The van der Waals surface area contributed by atoms with Crippen molar-refractivity contribution < 1.29 is 23.4 Å². The van der Waals surface area contributed by atoms with E-state index >= 15 is 4.39 Å². The van der Waals surface area contributed by atoms with Crippen molar-refractivity contribution in [3.05, 3.63) is 48.4 Å². The van der Waals surface area contributed by atoms with Crippen molar-refractivity contribution in [3.63, 3.8) is 0 Å². The second kappa shape index (κ2) is 13.2. The normalized spacial score (nSPS) is 20.6. The zero-order chi connectivity index (χ0) is 29.7. The zero-order valence-electron chi connectivity index (χ0n) is 25.2. The lowest BCUT2D eigenvalue weighted by atomic mass is 9.71. The van der Waals surface area contributed by atoms with Crippen molar-refractivity contribution in [1.82, 2.24) is 15.2 Å². The number of ether oxygens (including phenoxy) is 3. The number of benzene rings is 2. The average Bonchev–Trinajstić information content (AvgIpc) is 2.94. The van der Waals surface area contributed by atoms with E-state index in [0.717, 1.165) is 38.9 Å². The summed E-state index contributed by atoms with van der Waals surface area (Å²) < 4.78 is 32.8. The number of aromatic nitrogens is 1. The number of methoxy groups -OCH3 is 1. The van der Waals surface area contributed by atoms with E-state index in [1.54, 1.807) is 25.4 Å². The molecule has 42 heavy (non-hydrogen) atoms. The molecule has 8 nitrogen and oxygen atoms in total. The number of anilines is 1. The van der Waals surface area contributed by atoms with Crippen LogP contribution >= 0.6 is 0 Å². The summed E-state index contributed by atoms with van der Waals surface area (Å²) in [6.07, 6.45) is 8.38. The Morgan fingerprint density at radius 2 is 1.88 bits per heavy atom. The molecule has 1 aliphatic carbocycles. The quantitative estimate of drug-likeness (QED) is 0.276. The molecule has 0 radical (unpaired) electrons. The smallest absolute Gasteiger partial charge is 0.319 e. The molecule has 0 spiro atoms. The molecule has 0 bridgehead atoms. The minimum atomic E-state index is -0.583. The molecule has 2 atom stereocenters. The molecule has 2 heterocycles. The molecule has 1 saturated heterocycles. The Bertz CT molecular complexity index is 1390. The minimum Gasteiger partial charge on any atom is -0.493 e. The number of likely N-dealkylation sites (tertiary alicyclic amines) is 1. The summed E-state index contributed by atoms with van der Waals surface area (Å²) in [4.78, 5) is 19.6. The highest BCUT2D eigenvalue weighted by Gasteiger charge is 2.32. The van der Waals surface area contributed by atoms with Crippen molar-refractivity contribution in [2.24, 2.45) is 11.3 Å². The van der Waals surface area contributed by atoms with Crippen molar-refractivity contribution >= 4 is 22.6 Å². The third-order valence-electron chi connectivity index (χ3n) is 8.24. The van der Waals surface area contributed by atoms with E-state index in [4.69, 9.17) is 14.2 Å². The average molecular weight is 579 g/mol. The third-order valence-corrected chi connectivity index (χ3v) is 8.24. The van der Waals surface area contributed by atoms with E-state index in [9.17, 15) is 4.79 Å². The van der Waals surface area contributed by atoms with Crippen molar-refractivity contribution in [2.75, 3.05) is 38.7 Å². The molecule has 1 aliphatic heterocycles. The molecular formula is C33H43FN4O4. The fourth-order valence-corrected chi connectivity index (χ4v) is 6.54. The second-order valence-corrected chi connectivity index (χ2v) is 12.5. The van der Waals surface area contributed by atoms with Crippen LogP contribution in [0, 0.1) is 17.2 Å². The topological polar surface area (TPSA) is 85.0 Å². The van der Waals surface area contributed by atoms with E-state index in [1.165, 1.54) is 31.4 Å². The van der Waals surface area contributed by atoms with Gasteiger partial charge in [-0.3, -0.25) is 9.88 Å². The maximum atomic E-state index is 15.0. The lowest BCUT2D eigenvalue weighted by molar-refractivity contribution is 0.154. The van der Waals surface area contributed by atoms with Crippen LogP contribution in [0.1, 0.15) is 59.3 Å². The van der Waals surface area contributed by atoms with Gasteiger partial charge in [0.2, 0.25) is 0 Å². The number of pyridine rings is 1. The van der Waals surface area contributed by atoms with Crippen LogP contribution in [0.4, 0.5) is 14.9 Å². The highest BCUT2D eigenvalue weighted by molar-refractivity contribution is 5.90. The largest absolute Gasteiger partial charge is 0.493 e. The number of nitrogens with zero attached hydrogens (tertiary/aromatic N) is 2. The van der Waals surface area contributed by atoms with E-state index in [1.807, 2.05) is 12.1 Å². The van der Waals surface area contributed by atoms with E-state index in [0.29, 0.717) is 46.4 Å². The lowest BCUT2D eigenvalue weighted by Crippen LogP contribution is -2.44. The molecule has 1 saturated carbocycles. The second-order valence-electron chi connectivity index (χ2n) is 12.5. The predicted molar refractivity (Wildman–Crippen MR) is 163 cm³/mol. The standard InChI is InChI=1S/C33H43FN4O4/c1-22-16-23(21-33(2,3)20-22)36-32(39)37-27-9-8-24(17-26(27)34)42-29-10-11-35-28-19-31(30(40-4)18-25(28)29)41-15-14-38-12-6-5-7-13-38/h8-11,17-19,22-23H,5-7,12-16,20-21H2,1-4H3,(H2,36,37,39). The van der Waals surface area contributed by atoms with Gasteiger partial charge < -0.3 is 24.8 Å². The number of amides is 2. The first-order valence-electron chi connectivity index (χ1n) is 15.1. The maximum Gasteiger partial charge on any atom is 0.319 e. The highest BCUT2D eigenvalue weighted by atomic mass is 19.1. The fraction of sp³-hybridized carbons (Fsp3) is 0.515. The van der Waals surface area contributed by atoms with Crippen LogP contribution in [0.25, 0.3) is 10.9 Å². The van der Waals surface area contributed by atoms with Gasteiger partial charge in [-0.2, -0.15) is 0 Å². The first-order chi connectivity index (χ1) is 20.2. The van der Waals surface area contributed by atoms with Crippen molar-refractivity contribution in [2.45, 2.75) is 65.3 Å². The predicted octanol–water partition coefficient (Wildman–Crippen LogP) is 7.38. The number of piperidine rings is 1. The Labute approximate surface area is 247 Å². The molecule has 2 N–H and O–H groups in total. The minimum absolute atomic E-state index is 0.0620. The van der Waals surface area contributed by atoms with Gasteiger partial charge in [-0.15, -0.1) is 0 Å². The molecule has 2 aliphatic rings. The summed E-state index contributed by atoms with van der Waals surface area (Å²) in [5.74, 6) is 1.95. The van der Waals surface area contributed by atoms with E-state index in [-0.39, 0.29) is 17.1 Å². The van der Waals surface area contributed by atoms with Gasteiger partial charge in [0.25, 0.3) is 0 Å². The zero-order valence-corrected chi connectivity index (χ0v) is 25.2. The summed E-state index contributed by atoms with van der Waals surface area (Å²) in [6, 6.07) is 9.47. The van der Waals surface area contributed by atoms with Gasteiger partial charge in [-0.25, -0.2) is 9.18 Å². The summed E-state index contributed by atoms with van der Waals surface area (Å²) in [5.41, 5.74) is 0.940. The molecule has 1 aromatic heterocycles. The number of nitrogens with one attached hydrogen (secondary N) is 2. The number of carbonyl (C=O) groups is 1. The molecule has 5 rings (SSSR count). The lowest BCUT2D eigenvalue weighted by Gasteiger charge is -2.39. The Morgan fingerprint density at radius 3 is 2.62 bits per heavy atom. The van der Waals surface area contributed by atoms with Crippen LogP contribution in [0.5, 0.6) is 23.0 Å². The number of hydrogen-bond acceptors (Lipinski definition) is 6. The molecule has 2 unspecified atom stereocenters. The molecule has 2 fully saturated rings. The van der Waals surface area contributed by atoms with Gasteiger partial charge in [0, 0.05) is 36.3 Å². The third kappa shape index (κ3) is 7.62. The van der Waals surface area contributed by atoms with Gasteiger partial charge in [0.05, 0.1) is 18.3 Å². The molecule has 9 heteroatoms. The Hall–Kier alpha value is -3.59. The molecule has 226 valence electrons. The number of urea groups is 1. The molecule has 2 aromatic carbocycles. The van der Waals surface area contributed by atoms with Gasteiger partial charge in [-0.05, 0) is 80.8 Å². The van der Waals surface area contributed by atoms with E-state index < -0.39 is 11.8 Å². The van der Waals surface area contributed by atoms with Crippen molar-refractivity contribution in [3.8, 4) is 23.0 Å². The monoisotopic (exact) mass is 578 g/mol. The van der Waals surface area contributed by atoms with Crippen molar-refractivity contribution in [1.29, 1.82) is 0 Å². The van der Waals surface area contributed by atoms with E-state index in [2.05, 4.69) is 41.3 Å². The van der Waals surface area contributed by atoms with Gasteiger partial charge >= 0.3 is 6.03 Å². The number of carbonyl (C=O) groups excluding carboxylic acids is 1. The van der Waals surface area contributed by atoms with Gasteiger partial charge in [0.1, 0.15) is 23.9 Å². The van der Waals surface area contributed by atoms with Crippen LogP contribution < -0.4 is 24.8 Å². The van der Waals surface area contributed by atoms with Crippen LogP contribution in [-0.4, -0.2) is 55.3 Å². The molecule has 3 aromatic rings. The summed E-state index contributed by atoms with van der Waals surface area (Å²) in [5, 5.41) is 6.39. The van der Waals surface area contributed by atoms with Crippen LogP contribution in [0.15, 0.2) is 42.6 Å². The Morgan fingerprint density at radius 1 is 1.07 bits per heavy atom. The molecular weight excluding hydrogens is 535 g/mol. The SMILES string of the molecule is COc1cc2c(Oc3ccc(NC(=O)NC4CC(C)CC(C)(C)C4)c(F)c3)ccnc2cc1OCCN1CCCCC1. The number of rotatable bonds is 9. The molecule has 2 amide bonds. The van der Waals surface area contributed by atoms with Gasteiger partial charge in [0.15, 0.2) is 11.5 Å². The highest BCUT2D eigenvalue weighted by Crippen LogP contribution is 2.39. The van der Waals surface area contributed by atoms with Gasteiger partial charge in [-0.1, -0.05) is 27.2 Å². The Balaban J connectivity index is 1.24. The number of hydrogen-bond donors (Lipinski definition) is 2. The first kappa shape index (κ1) is 29.9.